The Bertz CT molecular complexity index is 909. The second kappa shape index (κ2) is 9.58. The van der Waals surface area contributed by atoms with E-state index in [-0.39, 0.29) is 5.91 Å². The molecular weight excluding hydrogens is 384 g/mol. The average Bonchev–Trinajstić information content (AvgIpc) is 3.20. The number of anilines is 2. The van der Waals surface area contributed by atoms with Gasteiger partial charge in [-0.2, -0.15) is 0 Å². The molecule has 0 unspecified atom stereocenters. The van der Waals surface area contributed by atoms with Gasteiger partial charge in [-0.1, -0.05) is 30.3 Å². The summed E-state index contributed by atoms with van der Waals surface area (Å²) < 4.78 is 0. The maximum atomic E-state index is 12.6. The monoisotopic (exact) mass is 408 g/mol. The number of aromatic nitrogens is 3. The van der Waals surface area contributed by atoms with Crippen LogP contribution in [0.5, 0.6) is 0 Å². The summed E-state index contributed by atoms with van der Waals surface area (Å²) in [6.07, 6.45) is 4.73. The molecule has 3 aromatic rings. The van der Waals surface area contributed by atoms with Gasteiger partial charge in [-0.3, -0.25) is 9.69 Å². The van der Waals surface area contributed by atoms with Crippen LogP contribution < -0.4 is 5.32 Å². The first kappa shape index (κ1) is 19.5. The van der Waals surface area contributed by atoms with Crippen LogP contribution in [0.3, 0.4) is 0 Å². The molecule has 1 N–H and O–H groups in total. The van der Waals surface area contributed by atoms with Gasteiger partial charge >= 0.3 is 0 Å². The first-order valence-corrected chi connectivity index (χ1v) is 10.7. The Hall–Kier alpha value is -2.84. The van der Waals surface area contributed by atoms with E-state index >= 15 is 0 Å². The number of nitrogens with zero attached hydrogens (tertiary/aromatic N) is 5. The van der Waals surface area contributed by atoms with Crippen molar-refractivity contribution in [3.05, 3.63) is 65.4 Å². The molecule has 1 fully saturated rings. The van der Waals surface area contributed by atoms with Crippen molar-refractivity contribution in [2.75, 3.05) is 38.0 Å². The van der Waals surface area contributed by atoms with Crippen molar-refractivity contribution in [2.45, 2.75) is 12.8 Å². The lowest BCUT2D eigenvalue weighted by Gasteiger charge is -2.34. The Kier molecular flexibility index (Phi) is 6.43. The van der Waals surface area contributed by atoms with E-state index in [0.29, 0.717) is 17.5 Å². The van der Waals surface area contributed by atoms with Gasteiger partial charge in [-0.25, -0.2) is 15.0 Å². The van der Waals surface area contributed by atoms with Crippen molar-refractivity contribution < 1.29 is 4.79 Å². The largest absolute Gasteiger partial charge is 0.340 e. The van der Waals surface area contributed by atoms with Gasteiger partial charge in [0, 0.05) is 50.5 Å². The van der Waals surface area contributed by atoms with Crippen LogP contribution in [0.15, 0.2) is 54.2 Å². The molecule has 1 aliphatic rings. The molecule has 7 nitrogen and oxygen atoms in total. The third-order valence-electron chi connectivity index (χ3n) is 4.95. The number of rotatable bonds is 7. The molecule has 1 saturated heterocycles. The molecule has 0 spiro atoms. The molecule has 29 heavy (non-hydrogen) atoms. The third kappa shape index (κ3) is 5.58. The summed E-state index contributed by atoms with van der Waals surface area (Å²) in [6.45, 7) is 4.44. The fraction of sp³-hybridized carbons (Fsp3) is 0.333. The molecule has 3 heterocycles. The second-order valence-corrected chi connectivity index (χ2v) is 7.83. The molecule has 8 heteroatoms. The molecule has 0 saturated carbocycles. The highest BCUT2D eigenvalue weighted by Crippen LogP contribution is 2.19. The molecule has 2 aromatic heterocycles. The van der Waals surface area contributed by atoms with E-state index in [2.05, 4.69) is 49.4 Å². The highest BCUT2D eigenvalue weighted by atomic mass is 32.1. The molecule has 0 atom stereocenters. The van der Waals surface area contributed by atoms with Crippen LogP contribution in [-0.2, 0) is 17.6 Å². The van der Waals surface area contributed by atoms with Crippen LogP contribution in [-0.4, -0.2) is 63.4 Å². The first-order chi connectivity index (χ1) is 14.3. The number of amides is 1. The minimum Gasteiger partial charge on any atom is -0.340 e. The Balaban J connectivity index is 1.22. The smallest absolute Gasteiger partial charge is 0.228 e. The summed E-state index contributed by atoms with van der Waals surface area (Å²) in [4.78, 5) is 29.8. The number of carbonyl (C=O) groups excluding carboxylic acids is 1. The molecule has 4 rings (SSSR count). The second-order valence-electron chi connectivity index (χ2n) is 6.98. The van der Waals surface area contributed by atoms with Crippen molar-refractivity contribution in [1.29, 1.82) is 0 Å². The molecule has 0 bridgehead atoms. The van der Waals surface area contributed by atoms with E-state index in [1.165, 1.54) is 16.9 Å². The number of thiazole rings is 1. The number of benzene rings is 1. The Morgan fingerprint density at radius 2 is 1.79 bits per heavy atom. The zero-order chi connectivity index (χ0) is 19.9. The van der Waals surface area contributed by atoms with E-state index < -0.39 is 0 Å². The fourth-order valence-corrected chi connectivity index (χ4v) is 4.03. The topological polar surface area (TPSA) is 74.2 Å². The van der Waals surface area contributed by atoms with Crippen LogP contribution in [0.1, 0.15) is 11.3 Å². The molecular formula is C21H24N6OS. The van der Waals surface area contributed by atoms with E-state index in [1.54, 1.807) is 18.5 Å². The minimum atomic E-state index is 0.139. The molecule has 1 aromatic carbocycles. The maximum Gasteiger partial charge on any atom is 0.228 e. The quantitative estimate of drug-likeness (QED) is 0.648. The first-order valence-electron chi connectivity index (χ1n) is 9.79. The van der Waals surface area contributed by atoms with Gasteiger partial charge < -0.3 is 10.2 Å². The van der Waals surface area contributed by atoms with E-state index in [0.717, 1.165) is 44.8 Å². The summed E-state index contributed by atoms with van der Waals surface area (Å²) in [5.74, 6) is 0.645. The lowest BCUT2D eigenvalue weighted by atomic mass is 10.1. The minimum absolute atomic E-state index is 0.139. The van der Waals surface area contributed by atoms with Crippen LogP contribution in [0.2, 0.25) is 0 Å². The van der Waals surface area contributed by atoms with Crippen LogP contribution >= 0.6 is 11.3 Å². The number of piperazine rings is 1. The zero-order valence-corrected chi connectivity index (χ0v) is 17.0. The van der Waals surface area contributed by atoms with Gasteiger partial charge in [-0.05, 0) is 18.1 Å². The van der Waals surface area contributed by atoms with E-state index in [4.69, 9.17) is 0 Å². The number of carbonyl (C=O) groups is 1. The van der Waals surface area contributed by atoms with Gasteiger partial charge in [0.05, 0.1) is 12.1 Å². The maximum absolute atomic E-state index is 12.6. The summed E-state index contributed by atoms with van der Waals surface area (Å²) >= 11 is 1.46. The van der Waals surface area contributed by atoms with Crippen LogP contribution in [0, 0.1) is 0 Å². The van der Waals surface area contributed by atoms with Gasteiger partial charge in [-0.15, -0.1) is 11.3 Å². The summed E-state index contributed by atoms with van der Waals surface area (Å²) in [7, 11) is 0. The SMILES string of the molecule is O=C(Cc1csc(Nc2ncccn2)n1)N1CCN(CCc2ccccc2)CC1. The van der Waals surface area contributed by atoms with Gasteiger partial charge in [0.15, 0.2) is 5.13 Å². The zero-order valence-electron chi connectivity index (χ0n) is 16.2. The average molecular weight is 409 g/mol. The molecule has 0 aliphatic carbocycles. The molecule has 1 amide bonds. The lowest BCUT2D eigenvalue weighted by Crippen LogP contribution is -2.49. The molecule has 1 aliphatic heterocycles. The normalized spacial score (nSPS) is 14.7. The van der Waals surface area contributed by atoms with Gasteiger partial charge in [0.25, 0.3) is 0 Å². The van der Waals surface area contributed by atoms with Crippen LogP contribution in [0.4, 0.5) is 11.1 Å². The van der Waals surface area contributed by atoms with Gasteiger partial charge in [0.2, 0.25) is 11.9 Å². The van der Waals surface area contributed by atoms with Crippen molar-refractivity contribution in [3.8, 4) is 0 Å². The summed E-state index contributed by atoms with van der Waals surface area (Å²) in [6, 6.07) is 12.3. The van der Waals surface area contributed by atoms with Crippen molar-refractivity contribution >= 4 is 28.3 Å². The number of hydrogen-bond acceptors (Lipinski definition) is 7. The van der Waals surface area contributed by atoms with Crippen molar-refractivity contribution in [3.63, 3.8) is 0 Å². The van der Waals surface area contributed by atoms with Gasteiger partial charge in [0.1, 0.15) is 0 Å². The highest BCUT2D eigenvalue weighted by Gasteiger charge is 2.21. The Morgan fingerprint density at radius 3 is 2.55 bits per heavy atom. The lowest BCUT2D eigenvalue weighted by molar-refractivity contribution is -0.132. The summed E-state index contributed by atoms with van der Waals surface area (Å²) in [5, 5.41) is 5.68. The third-order valence-corrected chi connectivity index (χ3v) is 5.76. The van der Waals surface area contributed by atoms with Crippen molar-refractivity contribution in [1.82, 2.24) is 24.8 Å². The number of nitrogens with one attached hydrogen (secondary N) is 1. The van der Waals surface area contributed by atoms with E-state index in [9.17, 15) is 4.79 Å². The predicted octanol–water partition coefficient (Wildman–Crippen LogP) is 2.61. The highest BCUT2D eigenvalue weighted by molar-refractivity contribution is 7.13. The van der Waals surface area contributed by atoms with Crippen LogP contribution in [0.25, 0.3) is 0 Å². The molecule has 0 radical (unpaired) electrons. The number of hydrogen-bond donors (Lipinski definition) is 1. The fourth-order valence-electron chi connectivity index (χ4n) is 3.32. The predicted molar refractivity (Wildman–Crippen MR) is 114 cm³/mol. The molecule has 150 valence electrons. The van der Waals surface area contributed by atoms with Crippen molar-refractivity contribution in [2.24, 2.45) is 0 Å². The van der Waals surface area contributed by atoms with E-state index in [1.807, 2.05) is 16.3 Å². The standard InChI is InChI=1S/C21H24N6OS/c28-19(15-18-16-29-21(24-18)25-20-22-8-4-9-23-20)27-13-11-26(12-14-27)10-7-17-5-2-1-3-6-17/h1-6,8-9,16H,7,10-15H2,(H,22,23,24,25). The Morgan fingerprint density at radius 1 is 1.03 bits per heavy atom. The Labute approximate surface area is 174 Å². The summed E-state index contributed by atoms with van der Waals surface area (Å²) in [5.41, 5.74) is 2.14.